The molecule has 1 saturated carbocycles. The molecule has 1 fully saturated rings. The number of halogens is 1. The number of amides is 1. The third-order valence-electron chi connectivity index (χ3n) is 5.12. The quantitative estimate of drug-likeness (QED) is 0.502. The number of hydrogen-bond acceptors (Lipinski definition) is 3. The number of nitro groups is 1. The van der Waals surface area contributed by atoms with Crippen LogP contribution in [0.3, 0.4) is 0 Å². The number of carbonyl (C=O) groups excluding carboxylic acids is 1. The Morgan fingerprint density at radius 2 is 1.96 bits per heavy atom. The first-order valence-electron chi connectivity index (χ1n) is 8.78. The van der Waals surface area contributed by atoms with Crippen molar-refractivity contribution < 1.29 is 9.72 Å². The summed E-state index contributed by atoms with van der Waals surface area (Å²) < 4.78 is 0. The van der Waals surface area contributed by atoms with Crippen LogP contribution in [0.25, 0.3) is 10.9 Å². The molecule has 138 valence electrons. The summed E-state index contributed by atoms with van der Waals surface area (Å²) in [5.41, 5.74) is 2.94. The number of fused-ring (bicyclic) bond motifs is 1. The van der Waals surface area contributed by atoms with Gasteiger partial charge in [-0.25, -0.2) is 0 Å². The van der Waals surface area contributed by atoms with Crippen molar-refractivity contribution >= 4 is 28.4 Å². The number of hydrogen-bond donors (Lipinski definition) is 2. The second kappa shape index (κ2) is 7.04. The Balaban J connectivity index is 1.62. The first kappa shape index (κ1) is 17.5. The summed E-state index contributed by atoms with van der Waals surface area (Å²) in [6.07, 6.45) is 2.24. The third kappa shape index (κ3) is 3.40. The highest BCUT2D eigenvalue weighted by Crippen LogP contribution is 2.36. The average Bonchev–Trinajstić information content (AvgIpc) is 3.37. The molecule has 1 aliphatic rings. The average molecular weight is 384 g/mol. The van der Waals surface area contributed by atoms with E-state index in [1.807, 2.05) is 54.7 Å². The van der Waals surface area contributed by atoms with Crippen LogP contribution in [0.2, 0.25) is 5.02 Å². The Hall–Kier alpha value is -2.86. The summed E-state index contributed by atoms with van der Waals surface area (Å²) in [5.74, 6) is -0.963. The van der Waals surface area contributed by atoms with E-state index in [-0.39, 0.29) is 16.7 Å². The van der Waals surface area contributed by atoms with Gasteiger partial charge in [-0.2, -0.15) is 0 Å². The van der Waals surface area contributed by atoms with Crippen molar-refractivity contribution in [3.05, 3.63) is 81.0 Å². The van der Waals surface area contributed by atoms with E-state index in [0.717, 1.165) is 22.0 Å². The van der Waals surface area contributed by atoms with Gasteiger partial charge >= 0.3 is 0 Å². The van der Waals surface area contributed by atoms with E-state index in [9.17, 15) is 14.9 Å². The van der Waals surface area contributed by atoms with Crippen molar-refractivity contribution in [3.63, 3.8) is 0 Å². The largest absolute Gasteiger partial charge is 0.361 e. The van der Waals surface area contributed by atoms with Crippen LogP contribution in [-0.4, -0.2) is 28.4 Å². The first-order chi connectivity index (χ1) is 13.1. The Morgan fingerprint density at radius 3 is 2.70 bits per heavy atom. The molecule has 1 aliphatic carbocycles. The number of nitrogens with zero attached hydrogens (tertiary/aromatic N) is 1. The summed E-state index contributed by atoms with van der Waals surface area (Å²) in [6, 6.07) is 14.7. The van der Waals surface area contributed by atoms with Crippen molar-refractivity contribution in [2.24, 2.45) is 5.92 Å². The predicted octanol–water partition coefficient (Wildman–Crippen LogP) is 3.73. The third-order valence-corrected chi connectivity index (χ3v) is 5.47. The Morgan fingerprint density at radius 1 is 1.22 bits per heavy atom. The normalized spacial score (nSPS) is 19.6. The first-order valence-corrected chi connectivity index (χ1v) is 9.15. The molecule has 3 aromatic rings. The Kier molecular flexibility index (Phi) is 4.58. The molecule has 4 rings (SSSR count). The van der Waals surface area contributed by atoms with Gasteiger partial charge in [0.05, 0.1) is 0 Å². The highest BCUT2D eigenvalue weighted by Gasteiger charge is 2.53. The Labute approximate surface area is 160 Å². The lowest BCUT2D eigenvalue weighted by atomic mass is 9.90. The van der Waals surface area contributed by atoms with Crippen LogP contribution in [0.5, 0.6) is 0 Å². The second-order valence-electron chi connectivity index (χ2n) is 6.80. The van der Waals surface area contributed by atoms with Gasteiger partial charge in [0, 0.05) is 45.9 Å². The Bertz CT molecular complexity index is 1020. The number of carbonyl (C=O) groups is 1. The van der Waals surface area contributed by atoms with Gasteiger partial charge < -0.3 is 10.3 Å². The summed E-state index contributed by atoms with van der Waals surface area (Å²) in [4.78, 5) is 26.0. The van der Waals surface area contributed by atoms with Gasteiger partial charge in [0.25, 0.3) is 0 Å². The molecular formula is C20H18ClN3O3. The molecule has 27 heavy (non-hydrogen) atoms. The van der Waals surface area contributed by atoms with Crippen LogP contribution in [0, 0.1) is 16.0 Å². The van der Waals surface area contributed by atoms with Crippen LogP contribution in [-0.2, 0) is 4.79 Å². The molecular weight excluding hydrogens is 366 g/mol. The lowest BCUT2D eigenvalue weighted by Gasteiger charge is -2.19. The topological polar surface area (TPSA) is 88.0 Å². The van der Waals surface area contributed by atoms with Crippen molar-refractivity contribution in [1.29, 1.82) is 0 Å². The van der Waals surface area contributed by atoms with Gasteiger partial charge in [-0.3, -0.25) is 14.9 Å². The van der Waals surface area contributed by atoms with E-state index < -0.39 is 12.0 Å². The monoisotopic (exact) mass is 383 g/mol. The van der Waals surface area contributed by atoms with Crippen molar-refractivity contribution in [1.82, 2.24) is 10.3 Å². The molecule has 1 heterocycles. The standard InChI is InChI=1S/C20H18ClN3O3/c21-17-7-3-1-5-12(17)15(11-23-20(25)14-9-19(14)24(26)27)16-10-22-18-8-4-2-6-13(16)18/h1-8,10,14-15,19,22H,9,11H2,(H,23,25)/t14-,15-,19-/m1/s1. The number of benzene rings is 2. The van der Waals surface area contributed by atoms with E-state index >= 15 is 0 Å². The van der Waals surface area contributed by atoms with Crippen LogP contribution >= 0.6 is 11.6 Å². The summed E-state index contributed by atoms with van der Waals surface area (Å²) >= 11 is 6.43. The van der Waals surface area contributed by atoms with E-state index in [4.69, 9.17) is 11.6 Å². The number of aromatic amines is 1. The molecule has 3 atom stereocenters. The highest BCUT2D eigenvalue weighted by molar-refractivity contribution is 6.31. The van der Waals surface area contributed by atoms with Crippen LogP contribution in [0.4, 0.5) is 0 Å². The van der Waals surface area contributed by atoms with Gasteiger partial charge in [-0.15, -0.1) is 0 Å². The highest BCUT2D eigenvalue weighted by atomic mass is 35.5. The molecule has 0 bridgehead atoms. The van der Waals surface area contributed by atoms with Crippen molar-refractivity contribution in [3.8, 4) is 0 Å². The molecule has 2 aromatic carbocycles. The van der Waals surface area contributed by atoms with Gasteiger partial charge in [0.2, 0.25) is 11.9 Å². The molecule has 1 aromatic heterocycles. The molecule has 7 heteroatoms. The lowest BCUT2D eigenvalue weighted by molar-refractivity contribution is -0.497. The van der Waals surface area contributed by atoms with E-state index in [2.05, 4.69) is 10.3 Å². The SMILES string of the molecule is O=C(NC[C@H](c1ccccc1Cl)c1c[nH]c2ccccc12)[C@@H]1C[C@H]1[N+](=O)[O-]. The molecule has 0 saturated heterocycles. The number of aromatic nitrogens is 1. The van der Waals surface area contributed by atoms with E-state index in [1.165, 1.54) is 0 Å². The van der Waals surface area contributed by atoms with E-state index in [0.29, 0.717) is 18.0 Å². The number of para-hydroxylation sites is 1. The molecule has 0 aliphatic heterocycles. The van der Waals surface area contributed by atoms with Crippen molar-refractivity contribution in [2.75, 3.05) is 6.54 Å². The van der Waals surface area contributed by atoms with Crippen molar-refractivity contribution in [2.45, 2.75) is 18.4 Å². The smallest absolute Gasteiger partial charge is 0.230 e. The van der Waals surface area contributed by atoms with E-state index in [1.54, 1.807) is 0 Å². The minimum absolute atomic E-state index is 0.161. The molecule has 6 nitrogen and oxygen atoms in total. The number of H-pyrrole nitrogens is 1. The predicted molar refractivity (Wildman–Crippen MR) is 103 cm³/mol. The molecule has 0 spiro atoms. The second-order valence-corrected chi connectivity index (χ2v) is 7.21. The molecule has 1 amide bonds. The number of nitrogens with one attached hydrogen (secondary N) is 2. The fourth-order valence-electron chi connectivity index (χ4n) is 3.56. The zero-order valence-corrected chi connectivity index (χ0v) is 15.1. The van der Waals surface area contributed by atoms with Gasteiger partial charge in [0.1, 0.15) is 5.92 Å². The van der Waals surface area contributed by atoms with Crippen LogP contribution in [0.15, 0.2) is 54.7 Å². The zero-order chi connectivity index (χ0) is 19.0. The summed E-state index contributed by atoms with van der Waals surface area (Å²) in [7, 11) is 0. The summed E-state index contributed by atoms with van der Waals surface area (Å²) in [5, 5.41) is 15.4. The fourth-order valence-corrected chi connectivity index (χ4v) is 3.82. The molecule has 0 radical (unpaired) electrons. The molecule has 0 unspecified atom stereocenters. The summed E-state index contributed by atoms with van der Waals surface area (Å²) in [6.45, 7) is 0.325. The maximum Gasteiger partial charge on any atom is 0.230 e. The van der Waals surface area contributed by atoms with Crippen LogP contribution in [0.1, 0.15) is 23.5 Å². The minimum Gasteiger partial charge on any atom is -0.361 e. The minimum atomic E-state index is -0.753. The number of rotatable bonds is 6. The molecule has 2 N–H and O–H groups in total. The zero-order valence-electron chi connectivity index (χ0n) is 14.4. The fraction of sp³-hybridized carbons (Fsp3) is 0.250. The maximum atomic E-state index is 12.3. The van der Waals surface area contributed by atoms with Gasteiger partial charge in [-0.05, 0) is 23.3 Å². The van der Waals surface area contributed by atoms with Crippen LogP contribution < -0.4 is 5.32 Å². The van der Waals surface area contributed by atoms with Gasteiger partial charge in [-0.1, -0.05) is 48.0 Å². The van der Waals surface area contributed by atoms with Gasteiger partial charge in [0.15, 0.2) is 0 Å². The lowest BCUT2D eigenvalue weighted by Crippen LogP contribution is -2.31. The maximum absolute atomic E-state index is 12.3.